The molecule has 0 spiro atoms. The van der Waals surface area contributed by atoms with E-state index in [0.29, 0.717) is 11.8 Å². The quantitative estimate of drug-likeness (QED) is 0.474. The smallest absolute Gasteiger partial charge is 0.108 e. The van der Waals surface area contributed by atoms with E-state index in [9.17, 15) is 4.55 Å². The zero-order valence-electron chi connectivity index (χ0n) is 6.09. The van der Waals surface area contributed by atoms with Crippen LogP contribution in [0.2, 0.25) is 0 Å². The van der Waals surface area contributed by atoms with Gasteiger partial charge in [0.05, 0.1) is 0 Å². The molecule has 0 radical (unpaired) electrons. The first-order valence-corrected chi connectivity index (χ1v) is 5.02. The molecule has 0 N–H and O–H groups in total. The molecule has 1 fully saturated rings. The lowest BCUT2D eigenvalue weighted by molar-refractivity contribution is 0.435. The predicted molar refractivity (Wildman–Crippen MR) is 40.8 cm³/mol. The fraction of sp³-hybridized carbons (Fsp3) is 1.00. The third-order valence-corrected chi connectivity index (χ3v) is 3.63. The Balaban J connectivity index is 2.34. The van der Waals surface area contributed by atoms with Crippen molar-refractivity contribution in [1.29, 1.82) is 0 Å². The monoisotopic (exact) mass is 146 g/mol. The molecule has 0 bridgehead atoms. The van der Waals surface area contributed by atoms with Gasteiger partial charge in [-0.25, -0.2) is 0 Å². The predicted octanol–water partition coefficient (Wildman–Crippen LogP) is 1.41. The number of hydrogen-bond donors (Lipinski definition) is 0. The van der Waals surface area contributed by atoms with Crippen LogP contribution in [-0.2, 0) is 11.2 Å². The highest BCUT2D eigenvalue weighted by atomic mass is 32.2. The zero-order chi connectivity index (χ0) is 6.85. The Kier molecular flexibility index (Phi) is 2.42. The van der Waals surface area contributed by atoms with Gasteiger partial charge >= 0.3 is 0 Å². The molecule has 1 heterocycles. The Labute approximate surface area is 60.0 Å². The average Bonchev–Trinajstić information content (AvgIpc) is 1.59. The molecular formula is C7H14OS. The van der Waals surface area contributed by atoms with Gasteiger partial charge in [-0.1, -0.05) is 25.0 Å². The molecule has 1 nitrogen and oxygen atoms in total. The first kappa shape index (κ1) is 7.42. The largest absolute Gasteiger partial charge is 0.616 e. The van der Waals surface area contributed by atoms with Gasteiger partial charge in [0.25, 0.3) is 0 Å². The second kappa shape index (κ2) is 2.93. The summed E-state index contributed by atoms with van der Waals surface area (Å²) in [5.74, 6) is 3.25. The molecule has 0 saturated carbocycles. The van der Waals surface area contributed by atoms with Crippen molar-refractivity contribution in [2.45, 2.75) is 20.3 Å². The minimum Gasteiger partial charge on any atom is -0.616 e. The maximum atomic E-state index is 11.0. The van der Waals surface area contributed by atoms with E-state index in [4.69, 9.17) is 0 Å². The van der Waals surface area contributed by atoms with Crippen molar-refractivity contribution >= 4 is 11.2 Å². The van der Waals surface area contributed by atoms with Gasteiger partial charge < -0.3 is 4.55 Å². The summed E-state index contributed by atoms with van der Waals surface area (Å²) in [4.78, 5) is 0. The van der Waals surface area contributed by atoms with Crippen LogP contribution in [0.4, 0.5) is 0 Å². The van der Waals surface area contributed by atoms with Gasteiger partial charge in [0, 0.05) is 11.8 Å². The van der Waals surface area contributed by atoms with Gasteiger partial charge in [-0.2, -0.15) is 0 Å². The molecule has 0 amide bonds. The summed E-state index contributed by atoms with van der Waals surface area (Å²) in [5, 5.41) is 0. The molecule has 0 aromatic heterocycles. The van der Waals surface area contributed by atoms with Gasteiger partial charge in [-0.3, -0.25) is 0 Å². The Morgan fingerprint density at radius 1 is 1.22 bits per heavy atom. The van der Waals surface area contributed by atoms with E-state index in [1.54, 1.807) is 0 Å². The third kappa shape index (κ3) is 2.18. The van der Waals surface area contributed by atoms with Crippen LogP contribution in [0.5, 0.6) is 0 Å². The Morgan fingerprint density at radius 3 is 2.00 bits per heavy atom. The maximum absolute atomic E-state index is 11.0. The van der Waals surface area contributed by atoms with Crippen molar-refractivity contribution in [2.24, 2.45) is 11.8 Å². The van der Waals surface area contributed by atoms with Crippen molar-refractivity contribution in [3.8, 4) is 0 Å². The standard InChI is InChI=1S/C7H14OS/c1-6-3-7(2)5-9(8)4-6/h6-7H,3-5H2,1-2H3. The molecule has 9 heavy (non-hydrogen) atoms. The van der Waals surface area contributed by atoms with Gasteiger partial charge in [0.2, 0.25) is 0 Å². The maximum Gasteiger partial charge on any atom is 0.108 e. The van der Waals surface area contributed by atoms with E-state index >= 15 is 0 Å². The van der Waals surface area contributed by atoms with Crippen molar-refractivity contribution in [3.63, 3.8) is 0 Å². The van der Waals surface area contributed by atoms with Crippen LogP contribution in [0.25, 0.3) is 0 Å². The normalized spacial score (nSPS) is 45.0. The average molecular weight is 146 g/mol. The molecule has 1 saturated heterocycles. The van der Waals surface area contributed by atoms with Crippen LogP contribution < -0.4 is 0 Å². The van der Waals surface area contributed by atoms with Crippen molar-refractivity contribution in [3.05, 3.63) is 0 Å². The molecule has 0 aromatic rings. The molecule has 1 rings (SSSR count). The summed E-state index contributed by atoms with van der Waals surface area (Å²) in [6.07, 6.45) is 1.27. The fourth-order valence-corrected chi connectivity index (χ4v) is 3.20. The Hall–Kier alpha value is 0.310. The summed E-state index contributed by atoms with van der Waals surface area (Å²) in [6, 6.07) is 0. The van der Waals surface area contributed by atoms with Crippen molar-refractivity contribution in [2.75, 3.05) is 11.5 Å². The molecule has 2 atom stereocenters. The molecule has 2 unspecified atom stereocenters. The Morgan fingerprint density at radius 2 is 1.67 bits per heavy atom. The van der Waals surface area contributed by atoms with Crippen LogP contribution in [-0.4, -0.2) is 16.1 Å². The minimum absolute atomic E-state index is 0.500. The minimum atomic E-state index is -0.500. The second-order valence-corrected chi connectivity index (χ2v) is 4.77. The molecule has 54 valence electrons. The first-order valence-electron chi connectivity index (χ1n) is 3.53. The topological polar surface area (TPSA) is 23.1 Å². The first-order chi connectivity index (χ1) is 4.18. The second-order valence-electron chi connectivity index (χ2n) is 3.22. The third-order valence-electron chi connectivity index (χ3n) is 1.75. The van der Waals surface area contributed by atoms with Gasteiger partial charge in [-0.15, -0.1) is 0 Å². The lowest BCUT2D eigenvalue weighted by atomic mass is 10.0. The molecule has 1 aliphatic heterocycles. The van der Waals surface area contributed by atoms with E-state index in [2.05, 4.69) is 13.8 Å². The van der Waals surface area contributed by atoms with Gasteiger partial charge in [0.1, 0.15) is 11.5 Å². The number of hydrogen-bond acceptors (Lipinski definition) is 1. The van der Waals surface area contributed by atoms with Gasteiger partial charge in [0.15, 0.2) is 0 Å². The highest BCUT2D eigenvalue weighted by molar-refractivity contribution is 7.91. The highest BCUT2D eigenvalue weighted by Crippen LogP contribution is 2.22. The van der Waals surface area contributed by atoms with Crippen molar-refractivity contribution < 1.29 is 4.55 Å². The van der Waals surface area contributed by atoms with Crippen LogP contribution in [0.1, 0.15) is 20.3 Å². The fourth-order valence-electron chi connectivity index (χ4n) is 1.53. The molecule has 2 heteroatoms. The summed E-state index contributed by atoms with van der Waals surface area (Å²) >= 11 is -0.500. The van der Waals surface area contributed by atoms with Crippen LogP contribution in [0.15, 0.2) is 0 Å². The van der Waals surface area contributed by atoms with E-state index < -0.39 is 11.2 Å². The summed E-state index contributed by atoms with van der Waals surface area (Å²) in [6.45, 7) is 4.38. The summed E-state index contributed by atoms with van der Waals surface area (Å²) < 4.78 is 11.0. The lowest BCUT2D eigenvalue weighted by Crippen LogP contribution is -2.28. The van der Waals surface area contributed by atoms with Crippen LogP contribution in [0, 0.1) is 11.8 Å². The molecule has 0 aromatic carbocycles. The molecule has 1 aliphatic rings. The summed E-state index contributed by atoms with van der Waals surface area (Å²) in [5.41, 5.74) is 0. The molecular weight excluding hydrogens is 132 g/mol. The van der Waals surface area contributed by atoms with Crippen molar-refractivity contribution in [1.82, 2.24) is 0 Å². The van der Waals surface area contributed by atoms with E-state index in [0.717, 1.165) is 11.5 Å². The lowest BCUT2D eigenvalue weighted by Gasteiger charge is -2.26. The SMILES string of the molecule is CC1CC(C)C[S+]([O-])C1. The highest BCUT2D eigenvalue weighted by Gasteiger charge is 2.24. The number of rotatable bonds is 0. The van der Waals surface area contributed by atoms with Crippen LogP contribution in [0.3, 0.4) is 0 Å². The van der Waals surface area contributed by atoms with E-state index in [-0.39, 0.29) is 0 Å². The molecule has 0 aliphatic carbocycles. The van der Waals surface area contributed by atoms with Gasteiger partial charge in [-0.05, 0) is 6.42 Å². The Bertz CT molecular complexity index is 69.9. The van der Waals surface area contributed by atoms with E-state index in [1.807, 2.05) is 0 Å². The van der Waals surface area contributed by atoms with Crippen LogP contribution >= 0.6 is 0 Å². The van der Waals surface area contributed by atoms with E-state index in [1.165, 1.54) is 6.42 Å². The zero-order valence-corrected chi connectivity index (χ0v) is 6.91. The summed E-state index contributed by atoms with van der Waals surface area (Å²) in [7, 11) is 0.